The van der Waals surface area contributed by atoms with Crippen LogP contribution >= 0.6 is 11.8 Å². The molecule has 0 saturated carbocycles. The zero-order chi connectivity index (χ0) is 12.7. The van der Waals surface area contributed by atoms with E-state index in [4.69, 9.17) is 5.73 Å². The maximum absolute atomic E-state index is 6.23. The quantitative estimate of drug-likeness (QED) is 0.805. The summed E-state index contributed by atoms with van der Waals surface area (Å²) in [7, 11) is 0. The topological polar surface area (TPSA) is 38.9 Å². The number of rotatable bonds is 7. The number of nitrogens with two attached hydrogens (primary N) is 1. The number of hydrogen-bond donors (Lipinski definition) is 1. The van der Waals surface area contributed by atoms with Crippen LogP contribution in [0, 0.1) is 5.92 Å². The lowest BCUT2D eigenvalue weighted by Gasteiger charge is -2.23. The summed E-state index contributed by atoms with van der Waals surface area (Å²) in [5.74, 6) is 1.92. The minimum atomic E-state index is 0.216. The van der Waals surface area contributed by atoms with E-state index in [1.54, 1.807) is 0 Å². The van der Waals surface area contributed by atoms with Gasteiger partial charge in [0, 0.05) is 23.7 Å². The largest absolute Gasteiger partial charge is 0.326 e. The molecular weight excluding hydrogens is 228 g/mol. The first-order chi connectivity index (χ1) is 8.19. The Labute approximate surface area is 109 Å². The Morgan fingerprint density at radius 2 is 2.12 bits per heavy atom. The molecule has 17 heavy (non-hydrogen) atoms. The summed E-state index contributed by atoms with van der Waals surface area (Å²) in [5, 5.41) is 0.377. The van der Waals surface area contributed by atoms with Gasteiger partial charge in [0.2, 0.25) is 0 Å². The zero-order valence-electron chi connectivity index (χ0n) is 11.1. The van der Waals surface area contributed by atoms with Gasteiger partial charge in [0.1, 0.15) is 0 Å². The monoisotopic (exact) mass is 252 g/mol. The smallest absolute Gasteiger partial charge is 0.0463 e. The lowest BCUT2D eigenvalue weighted by atomic mass is 10.1. The Bertz CT molecular complexity index is 302. The fraction of sp³-hybridized carbons (Fsp3) is 0.643. The van der Waals surface area contributed by atoms with E-state index in [0.717, 1.165) is 12.3 Å². The van der Waals surface area contributed by atoms with Crippen LogP contribution < -0.4 is 5.73 Å². The highest BCUT2D eigenvalue weighted by molar-refractivity contribution is 7.99. The highest BCUT2D eigenvalue weighted by atomic mass is 32.2. The molecule has 0 saturated heterocycles. The van der Waals surface area contributed by atoms with Gasteiger partial charge < -0.3 is 5.73 Å². The fourth-order valence-electron chi connectivity index (χ4n) is 1.61. The van der Waals surface area contributed by atoms with Crippen LogP contribution in [-0.4, -0.2) is 16.8 Å². The molecule has 0 aliphatic carbocycles. The van der Waals surface area contributed by atoms with Crippen molar-refractivity contribution >= 4 is 11.8 Å². The second-order valence-corrected chi connectivity index (χ2v) is 5.80. The van der Waals surface area contributed by atoms with Crippen molar-refractivity contribution in [2.75, 3.05) is 5.75 Å². The van der Waals surface area contributed by atoms with Crippen molar-refractivity contribution in [2.45, 2.75) is 44.9 Å². The van der Waals surface area contributed by atoms with Crippen molar-refractivity contribution in [3.63, 3.8) is 0 Å². The molecule has 1 rings (SSSR count). The number of pyridine rings is 1. The van der Waals surface area contributed by atoms with E-state index in [0.29, 0.717) is 5.25 Å². The van der Waals surface area contributed by atoms with E-state index in [2.05, 4.69) is 31.8 Å². The Kier molecular flexibility index (Phi) is 6.60. The lowest BCUT2D eigenvalue weighted by Crippen LogP contribution is -2.26. The molecule has 3 heteroatoms. The second-order valence-electron chi connectivity index (χ2n) is 4.63. The van der Waals surface area contributed by atoms with Gasteiger partial charge in [-0.15, -0.1) is 0 Å². The number of aromatic nitrogens is 1. The lowest BCUT2D eigenvalue weighted by molar-refractivity contribution is 0.614. The van der Waals surface area contributed by atoms with Crippen molar-refractivity contribution in [2.24, 2.45) is 11.7 Å². The van der Waals surface area contributed by atoms with E-state index in [-0.39, 0.29) is 6.04 Å². The Morgan fingerprint density at radius 3 is 2.65 bits per heavy atom. The maximum atomic E-state index is 6.23. The first kappa shape index (κ1) is 14.5. The number of thioether (sulfide) groups is 1. The van der Waals surface area contributed by atoms with Crippen LogP contribution in [0.3, 0.4) is 0 Å². The molecule has 0 amide bonds. The van der Waals surface area contributed by atoms with Crippen molar-refractivity contribution < 1.29 is 0 Å². The van der Waals surface area contributed by atoms with Gasteiger partial charge in [-0.2, -0.15) is 11.8 Å². The van der Waals surface area contributed by atoms with Crippen LogP contribution in [0.5, 0.6) is 0 Å². The fourth-order valence-corrected chi connectivity index (χ4v) is 3.15. The molecule has 3 atom stereocenters. The molecule has 0 aliphatic heterocycles. The summed E-state index contributed by atoms with van der Waals surface area (Å²) in [5.41, 5.74) is 7.49. The van der Waals surface area contributed by atoms with Crippen molar-refractivity contribution in [1.29, 1.82) is 0 Å². The summed E-state index contributed by atoms with van der Waals surface area (Å²) in [6.07, 6.45) is 6.00. The Hall–Kier alpha value is -0.540. The van der Waals surface area contributed by atoms with Crippen LogP contribution in [0.1, 0.15) is 44.4 Å². The average molecular weight is 252 g/mol. The molecule has 1 aromatic rings. The highest BCUT2D eigenvalue weighted by Gasteiger charge is 2.19. The van der Waals surface area contributed by atoms with Crippen LogP contribution in [0.15, 0.2) is 24.5 Å². The van der Waals surface area contributed by atoms with E-state index in [1.165, 1.54) is 17.7 Å². The molecule has 0 bridgehead atoms. The van der Waals surface area contributed by atoms with Gasteiger partial charge in [-0.1, -0.05) is 33.3 Å². The predicted molar refractivity (Wildman–Crippen MR) is 77.2 cm³/mol. The summed E-state index contributed by atoms with van der Waals surface area (Å²) < 4.78 is 0. The number of nitrogens with zero attached hydrogens (tertiary/aromatic N) is 1. The zero-order valence-corrected chi connectivity index (χ0v) is 11.9. The van der Waals surface area contributed by atoms with Crippen LogP contribution in [0.4, 0.5) is 0 Å². The normalized spacial score (nSPS) is 16.5. The van der Waals surface area contributed by atoms with Crippen LogP contribution in [-0.2, 0) is 0 Å². The summed E-state index contributed by atoms with van der Waals surface area (Å²) in [6.45, 7) is 6.69. The van der Waals surface area contributed by atoms with E-state index >= 15 is 0 Å². The standard InChI is InChI=1S/C14H24N2S/c1-4-11(3)10-17-14(13(15)5-2)12-7-6-8-16-9-12/h6-9,11,13-14H,4-5,10,15H2,1-3H3. The molecule has 1 heterocycles. The predicted octanol–water partition coefficient (Wildman–Crippen LogP) is 3.64. The second kappa shape index (κ2) is 7.72. The SMILES string of the molecule is CCC(C)CSC(c1cccnc1)C(N)CC. The van der Waals surface area contributed by atoms with Gasteiger partial charge >= 0.3 is 0 Å². The molecular formula is C14H24N2S. The van der Waals surface area contributed by atoms with E-state index in [9.17, 15) is 0 Å². The summed E-state index contributed by atoms with van der Waals surface area (Å²) in [4.78, 5) is 4.20. The van der Waals surface area contributed by atoms with Gasteiger partial charge in [0.15, 0.2) is 0 Å². The van der Waals surface area contributed by atoms with Gasteiger partial charge in [0.25, 0.3) is 0 Å². The van der Waals surface area contributed by atoms with Gasteiger partial charge in [0.05, 0.1) is 0 Å². The molecule has 0 aliphatic rings. The van der Waals surface area contributed by atoms with Crippen molar-refractivity contribution in [1.82, 2.24) is 4.98 Å². The molecule has 3 unspecified atom stereocenters. The highest BCUT2D eigenvalue weighted by Crippen LogP contribution is 2.33. The molecule has 96 valence electrons. The summed E-state index contributed by atoms with van der Waals surface area (Å²) >= 11 is 1.98. The third kappa shape index (κ3) is 4.68. The van der Waals surface area contributed by atoms with Gasteiger partial charge in [-0.05, 0) is 29.7 Å². The minimum Gasteiger partial charge on any atom is -0.326 e. The van der Waals surface area contributed by atoms with E-state index in [1.807, 2.05) is 30.2 Å². The van der Waals surface area contributed by atoms with Gasteiger partial charge in [-0.3, -0.25) is 4.98 Å². The Morgan fingerprint density at radius 1 is 1.35 bits per heavy atom. The molecule has 2 nitrogen and oxygen atoms in total. The van der Waals surface area contributed by atoms with Crippen molar-refractivity contribution in [3.05, 3.63) is 30.1 Å². The Balaban J connectivity index is 2.68. The van der Waals surface area contributed by atoms with E-state index < -0.39 is 0 Å². The first-order valence-electron chi connectivity index (χ1n) is 6.46. The maximum Gasteiger partial charge on any atom is 0.0463 e. The molecule has 2 N–H and O–H groups in total. The molecule has 0 fully saturated rings. The third-order valence-corrected chi connectivity index (χ3v) is 4.87. The summed E-state index contributed by atoms with van der Waals surface area (Å²) in [6, 6.07) is 4.35. The number of hydrogen-bond acceptors (Lipinski definition) is 3. The minimum absolute atomic E-state index is 0.216. The first-order valence-corrected chi connectivity index (χ1v) is 7.51. The molecule has 1 aromatic heterocycles. The molecule has 0 spiro atoms. The van der Waals surface area contributed by atoms with Gasteiger partial charge in [-0.25, -0.2) is 0 Å². The molecule has 0 radical (unpaired) electrons. The van der Waals surface area contributed by atoms with Crippen LogP contribution in [0.25, 0.3) is 0 Å². The average Bonchev–Trinajstić information content (AvgIpc) is 2.39. The van der Waals surface area contributed by atoms with Crippen molar-refractivity contribution in [3.8, 4) is 0 Å². The molecule has 0 aromatic carbocycles. The third-order valence-electron chi connectivity index (χ3n) is 3.13. The van der Waals surface area contributed by atoms with Crippen LogP contribution in [0.2, 0.25) is 0 Å².